The van der Waals surface area contributed by atoms with Gasteiger partial charge in [0.2, 0.25) is 5.95 Å². The van der Waals surface area contributed by atoms with Gasteiger partial charge in [-0.05, 0) is 17.7 Å². The number of imidazole rings is 1. The van der Waals surface area contributed by atoms with Gasteiger partial charge in [-0.15, -0.1) is 0 Å². The van der Waals surface area contributed by atoms with Gasteiger partial charge < -0.3 is 11.5 Å². The molecule has 0 bridgehead atoms. The second kappa shape index (κ2) is 4.20. The second-order valence-corrected chi connectivity index (χ2v) is 4.11. The van der Waals surface area contributed by atoms with E-state index in [0.29, 0.717) is 23.7 Å². The zero-order valence-electron chi connectivity index (χ0n) is 9.92. The van der Waals surface area contributed by atoms with Crippen LogP contribution >= 0.6 is 0 Å². The van der Waals surface area contributed by atoms with E-state index < -0.39 is 0 Å². The fourth-order valence-electron chi connectivity index (χ4n) is 1.90. The van der Waals surface area contributed by atoms with Crippen molar-refractivity contribution in [2.75, 3.05) is 11.5 Å². The Morgan fingerprint density at radius 2 is 1.84 bits per heavy atom. The lowest BCUT2D eigenvalue weighted by atomic mass is 10.2. The Morgan fingerprint density at radius 1 is 1.11 bits per heavy atom. The number of nitrogens with zero attached hydrogens (tertiary/aromatic N) is 4. The smallest absolute Gasteiger partial charge is 0.202 e. The number of aromatic nitrogens is 4. The molecule has 0 unspecified atom stereocenters. The topological polar surface area (TPSA) is 95.6 Å². The van der Waals surface area contributed by atoms with E-state index in [-0.39, 0.29) is 11.6 Å². The summed E-state index contributed by atoms with van der Waals surface area (Å²) in [5, 5.41) is 0. The summed E-state index contributed by atoms with van der Waals surface area (Å²) in [6.45, 7) is 0.444. The van der Waals surface area contributed by atoms with Gasteiger partial charge >= 0.3 is 0 Å². The van der Waals surface area contributed by atoms with Crippen molar-refractivity contribution < 1.29 is 4.39 Å². The summed E-state index contributed by atoms with van der Waals surface area (Å²) in [5.41, 5.74) is 13.5. The quantitative estimate of drug-likeness (QED) is 0.719. The SMILES string of the molecule is Nc1ncnc2c1nc(N)n2Cc1ccc(F)cc1. The van der Waals surface area contributed by atoms with E-state index in [0.717, 1.165) is 5.56 Å². The number of rotatable bonds is 2. The Morgan fingerprint density at radius 3 is 2.58 bits per heavy atom. The number of halogens is 1. The molecule has 0 radical (unpaired) electrons. The first-order valence-corrected chi connectivity index (χ1v) is 5.62. The van der Waals surface area contributed by atoms with Crippen LogP contribution in [0.25, 0.3) is 11.2 Å². The molecular formula is C12H11FN6. The molecule has 6 nitrogen and oxygen atoms in total. The van der Waals surface area contributed by atoms with Gasteiger partial charge in [0.25, 0.3) is 0 Å². The Bertz CT molecular complexity index is 734. The van der Waals surface area contributed by atoms with Crippen LogP contribution in [0.5, 0.6) is 0 Å². The third-order valence-electron chi connectivity index (χ3n) is 2.84. The van der Waals surface area contributed by atoms with E-state index in [1.54, 1.807) is 16.7 Å². The van der Waals surface area contributed by atoms with Gasteiger partial charge in [0.15, 0.2) is 17.0 Å². The van der Waals surface area contributed by atoms with E-state index >= 15 is 0 Å². The van der Waals surface area contributed by atoms with E-state index in [9.17, 15) is 4.39 Å². The maximum absolute atomic E-state index is 12.9. The minimum absolute atomic E-state index is 0.279. The average molecular weight is 258 g/mol. The van der Waals surface area contributed by atoms with Gasteiger partial charge in [-0.25, -0.2) is 19.3 Å². The van der Waals surface area contributed by atoms with Crippen molar-refractivity contribution in [2.45, 2.75) is 6.54 Å². The minimum Gasteiger partial charge on any atom is -0.382 e. The molecule has 4 N–H and O–H groups in total. The first-order valence-electron chi connectivity index (χ1n) is 5.62. The third-order valence-corrected chi connectivity index (χ3v) is 2.84. The lowest BCUT2D eigenvalue weighted by Gasteiger charge is -2.05. The number of anilines is 2. The molecule has 1 aromatic carbocycles. The normalized spacial score (nSPS) is 11.0. The number of fused-ring (bicyclic) bond motifs is 1. The Labute approximate surface area is 107 Å². The highest BCUT2D eigenvalue weighted by Gasteiger charge is 2.12. The fourth-order valence-corrected chi connectivity index (χ4v) is 1.90. The highest BCUT2D eigenvalue weighted by molar-refractivity contribution is 5.83. The molecule has 7 heteroatoms. The van der Waals surface area contributed by atoms with Crippen molar-refractivity contribution in [2.24, 2.45) is 0 Å². The summed E-state index contributed by atoms with van der Waals surface area (Å²) in [4.78, 5) is 12.1. The first-order chi connectivity index (χ1) is 9.15. The summed E-state index contributed by atoms with van der Waals surface area (Å²) < 4.78 is 14.6. The second-order valence-electron chi connectivity index (χ2n) is 4.11. The lowest BCUT2D eigenvalue weighted by Crippen LogP contribution is -2.05. The summed E-state index contributed by atoms with van der Waals surface area (Å²) in [5.74, 6) is 0.305. The molecule has 0 amide bonds. The van der Waals surface area contributed by atoms with Crippen molar-refractivity contribution in [3.05, 3.63) is 42.0 Å². The number of benzene rings is 1. The van der Waals surface area contributed by atoms with Gasteiger partial charge in [0.05, 0.1) is 6.54 Å². The number of hydrogen-bond donors (Lipinski definition) is 2. The molecule has 0 aliphatic rings. The molecule has 3 rings (SSSR count). The molecule has 0 aliphatic carbocycles. The summed E-state index contributed by atoms with van der Waals surface area (Å²) in [6.07, 6.45) is 1.36. The standard InChI is InChI=1S/C12H11FN6/c13-8-3-1-7(2-4-8)5-19-11-9(18-12(19)15)10(14)16-6-17-11/h1-4,6H,5H2,(H2,15,18)(H2,14,16,17). The van der Waals surface area contributed by atoms with Crippen LogP contribution in [0.2, 0.25) is 0 Å². The zero-order valence-corrected chi connectivity index (χ0v) is 9.92. The van der Waals surface area contributed by atoms with Crippen LogP contribution in [0.1, 0.15) is 5.56 Å². The van der Waals surface area contributed by atoms with Gasteiger partial charge in [0.1, 0.15) is 12.1 Å². The van der Waals surface area contributed by atoms with Gasteiger partial charge in [0, 0.05) is 0 Å². The monoisotopic (exact) mass is 258 g/mol. The summed E-state index contributed by atoms with van der Waals surface area (Å²) >= 11 is 0. The average Bonchev–Trinajstić information content (AvgIpc) is 2.71. The first kappa shape index (κ1) is 11.4. The molecular weight excluding hydrogens is 247 g/mol. The van der Waals surface area contributed by atoms with Crippen LogP contribution in [0.3, 0.4) is 0 Å². The van der Waals surface area contributed by atoms with Crippen LogP contribution in [0.4, 0.5) is 16.2 Å². The Hall–Kier alpha value is -2.70. The van der Waals surface area contributed by atoms with Crippen LogP contribution in [-0.4, -0.2) is 19.5 Å². The molecule has 0 spiro atoms. The largest absolute Gasteiger partial charge is 0.382 e. The molecule has 0 atom stereocenters. The number of hydrogen-bond acceptors (Lipinski definition) is 5. The Kier molecular flexibility index (Phi) is 2.52. The molecule has 0 aliphatic heterocycles. The fraction of sp³-hybridized carbons (Fsp3) is 0.0833. The van der Waals surface area contributed by atoms with Crippen molar-refractivity contribution in [1.82, 2.24) is 19.5 Å². The number of nitrogen functional groups attached to an aromatic ring is 2. The van der Waals surface area contributed by atoms with Crippen LogP contribution in [0.15, 0.2) is 30.6 Å². The van der Waals surface area contributed by atoms with Crippen molar-refractivity contribution in [3.63, 3.8) is 0 Å². The molecule has 2 heterocycles. The molecule has 0 saturated carbocycles. The molecule has 19 heavy (non-hydrogen) atoms. The van der Waals surface area contributed by atoms with Crippen LogP contribution in [0, 0.1) is 5.82 Å². The van der Waals surface area contributed by atoms with Gasteiger partial charge in [-0.2, -0.15) is 0 Å². The number of nitrogens with two attached hydrogens (primary N) is 2. The maximum atomic E-state index is 12.9. The molecule has 0 saturated heterocycles. The third kappa shape index (κ3) is 1.95. The van der Waals surface area contributed by atoms with Gasteiger partial charge in [-0.1, -0.05) is 12.1 Å². The maximum Gasteiger partial charge on any atom is 0.202 e. The van der Waals surface area contributed by atoms with E-state index in [4.69, 9.17) is 11.5 Å². The lowest BCUT2D eigenvalue weighted by molar-refractivity contribution is 0.626. The van der Waals surface area contributed by atoms with Crippen molar-refractivity contribution in [3.8, 4) is 0 Å². The molecule has 0 fully saturated rings. The van der Waals surface area contributed by atoms with Crippen LogP contribution < -0.4 is 11.5 Å². The predicted octanol–water partition coefficient (Wildman–Crippen LogP) is 1.18. The zero-order chi connectivity index (χ0) is 13.4. The molecule has 2 aromatic heterocycles. The predicted molar refractivity (Wildman–Crippen MR) is 69.6 cm³/mol. The van der Waals surface area contributed by atoms with Gasteiger partial charge in [-0.3, -0.25) is 4.57 Å². The molecule has 96 valence electrons. The highest BCUT2D eigenvalue weighted by Crippen LogP contribution is 2.20. The van der Waals surface area contributed by atoms with E-state index in [2.05, 4.69) is 15.0 Å². The minimum atomic E-state index is -0.279. The van der Waals surface area contributed by atoms with Crippen LogP contribution in [-0.2, 0) is 6.54 Å². The van der Waals surface area contributed by atoms with E-state index in [1.165, 1.54) is 18.5 Å². The molecule has 3 aromatic rings. The Balaban J connectivity index is 2.07. The van der Waals surface area contributed by atoms with E-state index in [1.807, 2.05) is 0 Å². The highest BCUT2D eigenvalue weighted by atomic mass is 19.1. The summed E-state index contributed by atoms with van der Waals surface area (Å²) in [6, 6.07) is 6.16. The van der Waals surface area contributed by atoms with Crippen molar-refractivity contribution in [1.29, 1.82) is 0 Å². The summed E-state index contributed by atoms with van der Waals surface area (Å²) in [7, 11) is 0. The van der Waals surface area contributed by atoms with Crippen molar-refractivity contribution >= 4 is 22.9 Å².